The minimum absolute atomic E-state index is 0.402. The van der Waals surface area contributed by atoms with Gasteiger partial charge in [0.25, 0.3) is 0 Å². The molecule has 1 nitrogen and oxygen atoms in total. The standard InChI is InChI=1S/C5H11BrO/c1-5(7-2)3-4-6/h5H,3-4H2,1-2H3. The molecule has 1 atom stereocenters. The number of hydrogen-bond donors (Lipinski definition) is 0. The van der Waals surface area contributed by atoms with Crippen LogP contribution in [0.15, 0.2) is 0 Å². The van der Waals surface area contributed by atoms with Crippen LogP contribution in [0.4, 0.5) is 0 Å². The van der Waals surface area contributed by atoms with Crippen molar-refractivity contribution in [1.82, 2.24) is 0 Å². The molecule has 44 valence electrons. The Kier molecular flexibility index (Phi) is 4.88. The highest BCUT2D eigenvalue weighted by molar-refractivity contribution is 9.09. The molecule has 0 amide bonds. The van der Waals surface area contributed by atoms with E-state index in [2.05, 4.69) is 22.9 Å². The van der Waals surface area contributed by atoms with Crippen molar-refractivity contribution in [1.29, 1.82) is 0 Å². The van der Waals surface area contributed by atoms with Gasteiger partial charge >= 0.3 is 0 Å². The van der Waals surface area contributed by atoms with Gasteiger partial charge in [-0.3, -0.25) is 0 Å². The van der Waals surface area contributed by atoms with Crippen LogP contribution in [0.5, 0.6) is 0 Å². The lowest BCUT2D eigenvalue weighted by Crippen LogP contribution is -2.03. The fourth-order valence-corrected chi connectivity index (χ4v) is 0.916. The van der Waals surface area contributed by atoms with E-state index < -0.39 is 0 Å². The van der Waals surface area contributed by atoms with Crippen molar-refractivity contribution >= 4 is 15.9 Å². The number of ether oxygens (including phenoxy) is 1. The Bertz CT molecular complexity index is 39.1. The summed E-state index contributed by atoms with van der Waals surface area (Å²) in [6.45, 7) is 2.06. The third kappa shape index (κ3) is 4.29. The Morgan fingerprint density at radius 3 is 2.43 bits per heavy atom. The van der Waals surface area contributed by atoms with E-state index in [9.17, 15) is 0 Å². The summed E-state index contributed by atoms with van der Waals surface area (Å²) >= 11 is 3.31. The van der Waals surface area contributed by atoms with E-state index in [1.807, 2.05) is 0 Å². The molecule has 0 aromatic heterocycles. The van der Waals surface area contributed by atoms with Crippen LogP contribution in [-0.2, 0) is 4.74 Å². The molecule has 0 aromatic rings. The summed E-state index contributed by atoms with van der Waals surface area (Å²) in [5.41, 5.74) is 0. The molecule has 0 spiro atoms. The molecule has 0 saturated heterocycles. The van der Waals surface area contributed by atoms with E-state index in [1.54, 1.807) is 7.11 Å². The second-order valence-corrected chi connectivity index (χ2v) is 2.32. The van der Waals surface area contributed by atoms with Crippen molar-refractivity contribution in [2.24, 2.45) is 0 Å². The first-order chi connectivity index (χ1) is 3.31. The Balaban J connectivity index is 2.83. The number of alkyl halides is 1. The molecule has 1 unspecified atom stereocenters. The van der Waals surface area contributed by atoms with Crippen LogP contribution in [0.25, 0.3) is 0 Å². The van der Waals surface area contributed by atoms with Gasteiger partial charge in [-0.25, -0.2) is 0 Å². The molecule has 0 rings (SSSR count). The van der Waals surface area contributed by atoms with Crippen LogP contribution in [-0.4, -0.2) is 18.5 Å². The summed E-state index contributed by atoms with van der Waals surface area (Å²) in [4.78, 5) is 0. The van der Waals surface area contributed by atoms with Crippen LogP contribution >= 0.6 is 15.9 Å². The van der Waals surface area contributed by atoms with Crippen molar-refractivity contribution in [2.75, 3.05) is 12.4 Å². The topological polar surface area (TPSA) is 9.23 Å². The Hall–Kier alpha value is 0.440. The zero-order valence-corrected chi connectivity index (χ0v) is 6.36. The Labute approximate surface area is 53.2 Å². The van der Waals surface area contributed by atoms with E-state index in [1.165, 1.54) is 0 Å². The molecule has 0 N–H and O–H groups in total. The second kappa shape index (κ2) is 4.60. The van der Waals surface area contributed by atoms with E-state index in [0.29, 0.717) is 6.10 Å². The molecule has 0 aliphatic carbocycles. The third-order valence-corrected chi connectivity index (χ3v) is 1.38. The van der Waals surface area contributed by atoms with Gasteiger partial charge in [-0.15, -0.1) is 0 Å². The highest BCUT2D eigenvalue weighted by atomic mass is 79.9. The second-order valence-electron chi connectivity index (χ2n) is 1.52. The van der Waals surface area contributed by atoms with Crippen molar-refractivity contribution < 1.29 is 4.74 Å². The van der Waals surface area contributed by atoms with Gasteiger partial charge in [-0.05, 0) is 13.3 Å². The zero-order valence-electron chi connectivity index (χ0n) is 4.78. The molecule has 2 heteroatoms. The maximum absolute atomic E-state index is 4.96. The fourth-order valence-electron chi connectivity index (χ4n) is 0.272. The third-order valence-electron chi connectivity index (χ3n) is 0.918. The maximum atomic E-state index is 4.96. The lowest BCUT2D eigenvalue weighted by molar-refractivity contribution is 0.116. The van der Waals surface area contributed by atoms with Gasteiger partial charge in [0.2, 0.25) is 0 Å². The predicted molar refractivity (Wildman–Crippen MR) is 34.9 cm³/mol. The predicted octanol–water partition coefficient (Wildman–Crippen LogP) is 1.81. The van der Waals surface area contributed by atoms with Crippen molar-refractivity contribution in [2.45, 2.75) is 19.4 Å². The minimum atomic E-state index is 0.402. The molecule has 0 aliphatic rings. The average molecular weight is 167 g/mol. The molecule has 0 radical (unpaired) electrons. The lowest BCUT2D eigenvalue weighted by Gasteiger charge is -2.03. The summed E-state index contributed by atoms with van der Waals surface area (Å²) < 4.78 is 4.96. The van der Waals surface area contributed by atoms with Gasteiger partial charge < -0.3 is 4.74 Å². The van der Waals surface area contributed by atoms with Crippen LogP contribution in [0.3, 0.4) is 0 Å². The molecule has 0 aromatic carbocycles. The summed E-state index contributed by atoms with van der Waals surface area (Å²) in [5.74, 6) is 0. The van der Waals surface area contributed by atoms with Crippen molar-refractivity contribution in [3.05, 3.63) is 0 Å². The van der Waals surface area contributed by atoms with Gasteiger partial charge in [-0.1, -0.05) is 15.9 Å². The molecule has 0 bridgehead atoms. The molecule has 0 saturated carbocycles. The SMILES string of the molecule is COC(C)CCBr. The molecular weight excluding hydrogens is 156 g/mol. The molecule has 0 fully saturated rings. The molecular formula is C5H11BrO. The largest absolute Gasteiger partial charge is 0.382 e. The number of halogens is 1. The Morgan fingerprint density at radius 2 is 2.29 bits per heavy atom. The van der Waals surface area contributed by atoms with E-state index >= 15 is 0 Å². The van der Waals surface area contributed by atoms with Crippen molar-refractivity contribution in [3.8, 4) is 0 Å². The van der Waals surface area contributed by atoms with Crippen LogP contribution < -0.4 is 0 Å². The maximum Gasteiger partial charge on any atom is 0.0551 e. The van der Waals surface area contributed by atoms with Gasteiger partial charge in [-0.2, -0.15) is 0 Å². The van der Waals surface area contributed by atoms with Gasteiger partial charge in [0.1, 0.15) is 0 Å². The number of methoxy groups -OCH3 is 1. The minimum Gasteiger partial charge on any atom is -0.382 e. The van der Waals surface area contributed by atoms with Gasteiger partial charge in [0, 0.05) is 12.4 Å². The van der Waals surface area contributed by atoms with E-state index in [4.69, 9.17) is 4.74 Å². The van der Waals surface area contributed by atoms with E-state index in [-0.39, 0.29) is 0 Å². The van der Waals surface area contributed by atoms with Crippen LogP contribution in [0.2, 0.25) is 0 Å². The normalized spacial score (nSPS) is 14.1. The van der Waals surface area contributed by atoms with E-state index in [0.717, 1.165) is 11.8 Å². The quantitative estimate of drug-likeness (QED) is 0.582. The first kappa shape index (κ1) is 7.44. The Morgan fingerprint density at radius 1 is 1.71 bits per heavy atom. The summed E-state index contributed by atoms with van der Waals surface area (Å²) in [5, 5.41) is 1.03. The monoisotopic (exact) mass is 166 g/mol. The smallest absolute Gasteiger partial charge is 0.0551 e. The van der Waals surface area contributed by atoms with Crippen LogP contribution in [0, 0.1) is 0 Å². The number of rotatable bonds is 3. The van der Waals surface area contributed by atoms with Gasteiger partial charge in [0.05, 0.1) is 6.10 Å². The highest BCUT2D eigenvalue weighted by Gasteiger charge is 1.93. The average Bonchev–Trinajstić information content (AvgIpc) is 1.68. The molecule has 7 heavy (non-hydrogen) atoms. The number of hydrogen-bond acceptors (Lipinski definition) is 1. The van der Waals surface area contributed by atoms with Crippen LogP contribution in [0.1, 0.15) is 13.3 Å². The fraction of sp³-hybridized carbons (Fsp3) is 1.00. The summed E-state index contributed by atoms with van der Waals surface area (Å²) in [6.07, 6.45) is 1.50. The summed E-state index contributed by atoms with van der Waals surface area (Å²) in [7, 11) is 1.73. The molecule has 0 heterocycles. The first-order valence-electron chi connectivity index (χ1n) is 2.40. The lowest BCUT2D eigenvalue weighted by atomic mass is 10.3. The van der Waals surface area contributed by atoms with Gasteiger partial charge in [0.15, 0.2) is 0 Å². The molecule has 0 aliphatic heterocycles. The zero-order chi connectivity index (χ0) is 5.70. The first-order valence-corrected chi connectivity index (χ1v) is 3.52. The van der Waals surface area contributed by atoms with Crippen molar-refractivity contribution in [3.63, 3.8) is 0 Å². The summed E-state index contributed by atoms with van der Waals surface area (Å²) in [6, 6.07) is 0. The highest BCUT2D eigenvalue weighted by Crippen LogP contribution is 1.96.